The Hall–Kier alpha value is -2.28. The zero-order valence-corrected chi connectivity index (χ0v) is 19.2. The molecular weight excluding hydrogens is 494 g/mol. The van der Waals surface area contributed by atoms with Crippen LogP contribution in [0.4, 0.5) is 11.4 Å². The highest BCUT2D eigenvalue weighted by Gasteiger charge is 2.61. The lowest BCUT2D eigenvalue weighted by molar-refractivity contribution is -0.126. The second-order valence-corrected chi connectivity index (χ2v) is 9.06. The fourth-order valence-electron chi connectivity index (χ4n) is 4.19. The molecule has 0 aliphatic carbocycles. The van der Waals surface area contributed by atoms with Gasteiger partial charge in [-0.25, -0.2) is 9.96 Å². The molecule has 2 aliphatic rings. The Labute approximate surface area is 203 Å². The molecule has 0 aromatic heterocycles. The van der Waals surface area contributed by atoms with Crippen LogP contribution in [-0.4, -0.2) is 17.9 Å². The molecule has 0 spiro atoms. The highest BCUT2D eigenvalue weighted by molar-refractivity contribution is 6.42. The number of hydroxylamine groups is 1. The summed E-state index contributed by atoms with van der Waals surface area (Å²) in [5, 5.41) is 2.77. The maximum absolute atomic E-state index is 13.7. The zero-order chi connectivity index (χ0) is 22.6. The van der Waals surface area contributed by atoms with Crippen LogP contribution in [0, 0.1) is 5.92 Å². The van der Waals surface area contributed by atoms with Gasteiger partial charge in [-0.05, 0) is 42.0 Å². The summed E-state index contributed by atoms with van der Waals surface area (Å²) >= 11 is 25.2. The lowest BCUT2D eigenvalue weighted by Gasteiger charge is -2.29. The lowest BCUT2D eigenvalue weighted by atomic mass is 9.90. The van der Waals surface area contributed by atoms with Gasteiger partial charge >= 0.3 is 0 Å². The number of rotatable bonds is 3. The number of nitrogens with zero attached hydrogens (tertiary/aromatic N) is 2. The molecule has 2 saturated heterocycles. The van der Waals surface area contributed by atoms with Crippen molar-refractivity contribution in [2.75, 3.05) is 9.96 Å². The first-order valence-electron chi connectivity index (χ1n) is 9.66. The molecule has 3 aromatic carbocycles. The van der Waals surface area contributed by atoms with E-state index in [9.17, 15) is 9.59 Å². The van der Waals surface area contributed by atoms with Gasteiger partial charge in [0.05, 0.1) is 27.5 Å². The van der Waals surface area contributed by atoms with Crippen LogP contribution in [0.3, 0.4) is 0 Å². The number of amides is 2. The Balaban J connectivity index is 1.64. The molecule has 2 amide bonds. The minimum absolute atomic E-state index is 0.149. The van der Waals surface area contributed by atoms with E-state index in [1.807, 2.05) is 30.3 Å². The van der Waals surface area contributed by atoms with Crippen molar-refractivity contribution >= 4 is 69.6 Å². The zero-order valence-electron chi connectivity index (χ0n) is 16.2. The number of para-hydroxylation sites is 2. The Bertz CT molecular complexity index is 1220. The van der Waals surface area contributed by atoms with Crippen LogP contribution in [0.15, 0.2) is 66.7 Å². The van der Waals surface area contributed by atoms with Gasteiger partial charge < -0.3 is 0 Å². The van der Waals surface area contributed by atoms with Crippen molar-refractivity contribution in [3.63, 3.8) is 0 Å². The van der Waals surface area contributed by atoms with Gasteiger partial charge in [0.15, 0.2) is 6.10 Å². The summed E-state index contributed by atoms with van der Waals surface area (Å²) in [5.74, 6) is -1.87. The number of hydrogen-bond acceptors (Lipinski definition) is 4. The summed E-state index contributed by atoms with van der Waals surface area (Å²) < 4.78 is 0. The highest BCUT2D eigenvalue weighted by Crippen LogP contribution is 2.50. The Morgan fingerprint density at radius 2 is 1.44 bits per heavy atom. The second kappa shape index (κ2) is 8.25. The number of halogens is 4. The molecule has 0 saturated carbocycles. The first-order chi connectivity index (χ1) is 15.4. The minimum Gasteiger partial charge on any atom is -0.273 e. The maximum Gasteiger partial charge on any atom is 0.266 e. The Kier molecular flexibility index (Phi) is 5.56. The van der Waals surface area contributed by atoms with Crippen molar-refractivity contribution in [1.82, 2.24) is 0 Å². The normalized spacial score (nSPS) is 22.6. The smallest absolute Gasteiger partial charge is 0.266 e. The number of anilines is 2. The SMILES string of the molecule is O=C1[C@@H]2[C@@H](c3ccc(Cl)cc3Cl)N(c3ccccc3)O[C@H]2C(=O)N1c1c(Cl)cccc1Cl. The van der Waals surface area contributed by atoms with E-state index in [1.165, 1.54) is 0 Å². The summed E-state index contributed by atoms with van der Waals surface area (Å²) in [7, 11) is 0. The van der Waals surface area contributed by atoms with Crippen molar-refractivity contribution < 1.29 is 14.4 Å². The molecule has 0 radical (unpaired) electrons. The van der Waals surface area contributed by atoms with Gasteiger partial charge in [0.1, 0.15) is 5.92 Å². The van der Waals surface area contributed by atoms with Gasteiger partial charge in [-0.1, -0.05) is 76.7 Å². The minimum atomic E-state index is -1.06. The quantitative estimate of drug-likeness (QED) is 0.387. The van der Waals surface area contributed by atoms with Gasteiger partial charge in [-0.3, -0.25) is 14.4 Å². The lowest BCUT2D eigenvalue weighted by Crippen LogP contribution is -2.37. The molecule has 0 bridgehead atoms. The predicted octanol–water partition coefficient (Wildman–Crippen LogP) is 6.35. The van der Waals surface area contributed by atoms with Gasteiger partial charge in [0, 0.05) is 10.0 Å². The molecular formula is C23H14Cl4N2O3. The van der Waals surface area contributed by atoms with E-state index in [2.05, 4.69) is 0 Å². The first kappa shape index (κ1) is 21.6. The fraction of sp³-hybridized carbons (Fsp3) is 0.130. The molecule has 9 heteroatoms. The molecule has 5 nitrogen and oxygen atoms in total. The number of fused-ring (bicyclic) bond motifs is 1. The molecule has 32 heavy (non-hydrogen) atoms. The Morgan fingerprint density at radius 3 is 2.09 bits per heavy atom. The average Bonchev–Trinajstić information content (AvgIpc) is 3.26. The standard InChI is InChI=1S/C23H14Cl4N2O3/c24-12-9-10-14(17(27)11-12)19-18-21(32-29(19)13-5-2-1-3-6-13)23(31)28(22(18)30)20-15(25)7-4-8-16(20)26/h1-11,18-19,21H/t18-,19-,21-/m1/s1. The van der Waals surface area contributed by atoms with Crippen molar-refractivity contribution in [3.05, 3.63) is 92.4 Å². The molecule has 2 fully saturated rings. The van der Waals surface area contributed by atoms with Crippen LogP contribution in [0.2, 0.25) is 20.1 Å². The molecule has 0 N–H and O–H groups in total. The number of carbonyl (C=O) groups is 2. The molecule has 5 rings (SSSR count). The van der Waals surface area contributed by atoms with E-state index in [1.54, 1.807) is 41.5 Å². The summed E-state index contributed by atoms with van der Waals surface area (Å²) in [6.45, 7) is 0. The molecule has 2 heterocycles. The third-order valence-corrected chi connectivity index (χ3v) is 6.74. The highest BCUT2D eigenvalue weighted by atomic mass is 35.5. The molecule has 2 aliphatic heterocycles. The Morgan fingerprint density at radius 1 is 0.750 bits per heavy atom. The molecule has 3 aromatic rings. The van der Waals surface area contributed by atoms with E-state index in [-0.39, 0.29) is 15.7 Å². The molecule has 3 atom stereocenters. The van der Waals surface area contributed by atoms with E-state index in [0.29, 0.717) is 21.3 Å². The van der Waals surface area contributed by atoms with Crippen molar-refractivity contribution in [3.8, 4) is 0 Å². The average molecular weight is 508 g/mol. The molecule has 162 valence electrons. The van der Waals surface area contributed by atoms with Crippen molar-refractivity contribution in [2.45, 2.75) is 12.1 Å². The van der Waals surface area contributed by atoms with Crippen LogP contribution < -0.4 is 9.96 Å². The van der Waals surface area contributed by atoms with Crippen LogP contribution >= 0.6 is 46.4 Å². The van der Waals surface area contributed by atoms with Crippen molar-refractivity contribution in [1.29, 1.82) is 0 Å². The first-order valence-corrected chi connectivity index (χ1v) is 11.2. The topological polar surface area (TPSA) is 49.9 Å². The fourth-order valence-corrected chi connectivity index (χ4v) is 5.28. The summed E-state index contributed by atoms with van der Waals surface area (Å²) in [4.78, 5) is 34.1. The van der Waals surface area contributed by atoms with Gasteiger partial charge in [-0.15, -0.1) is 0 Å². The number of hydrogen-bond donors (Lipinski definition) is 0. The van der Waals surface area contributed by atoms with Crippen LogP contribution in [0.5, 0.6) is 0 Å². The summed E-state index contributed by atoms with van der Waals surface area (Å²) in [6.07, 6.45) is -1.06. The van der Waals surface area contributed by atoms with E-state index in [4.69, 9.17) is 51.2 Å². The predicted molar refractivity (Wildman–Crippen MR) is 125 cm³/mol. The number of carbonyl (C=O) groups excluding carboxylic acids is 2. The monoisotopic (exact) mass is 506 g/mol. The van der Waals surface area contributed by atoms with Gasteiger partial charge in [0.25, 0.3) is 5.91 Å². The summed E-state index contributed by atoms with van der Waals surface area (Å²) in [5.41, 5.74) is 1.44. The van der Waals surface area contributed by atoms with Crippen LogP contribution in [-0.2, 0) is 14.4 Å². The van der Waals surface area contributed by atoms with Crippen LogP contribution in [0.1, 0.15) is 11.6 Å². The summed E-state index contributed by atoms with van der Waals surface area (Å²) in [6, 6.07) is 18.3. The third-order valence-electron chi connectivity index (χ3n) is 5.57. The van der Waals surface area contributed by atoms with Gasteiger partial charge in [0.2, 0.25) is 5.91 Å². The maximum atomic E-state index is 13.7. The third kappa shape index (κ3) is 3.36. The van der Waals surface area contributed by atoms with Crippen molar-refractivity contribution in [2.24, 2.45) is 5.92 Å². The van der Waals surface area contributed by atoms with Crippen LogP contribution in [0.25, 0.3) is 0 Å². The van der Waals surface area contributed by atoms with E-state index in [0.717, 1.165) is 4.90 Å². The van der Waals surface area contributed by atoms with Gasteiger partial charge in [-0.2, -0.15) is 0 Å². The van der Waals surface area contributed by atoms with E-state index < -0.39 is 29.9 Å². The number of imide groups is 1. The largest absolute Gasteiger partial charge is 0.273 e. The number of benzene rings is 3. The van der Waals surface area contributed by atoms with E-state index >= 15 is 0 Å². The second-order valence-electron chi connectivity index (χ2n) is 7.41. The molecule has 0 unspecified atom stereocenters.